The average Bonchev–Trinajstić information content (AvgIpc) is 2.42. The Morgan fingerprint density at radius 3 is 2.60 bits per heavy atom. The maximum absolute atomic E-state index is 13.5. The van der Waals surface area contributed by atoms with Crippen LogP contribution in [-0.2, 0) is 4.79 Å². The molecule has 2 N–H and O–H groups in total. The number of hydrogen-bond acceptors (Lipinski definition) is 3. The molecule has 0 aromatic heterocycles. The molecule has 1 saturated heterocycles. The molecule has 0 bridgehead atoms. The fourth-order valence-corrected chi connectivity index (χ4v) is 3.44. The minimum Gasteiger partial charge on any atom is -0.480 e. The van der Waals surface area contributed by atoms with Gasteiger partial charge in [0.05, 0.1) is 0 Å². The lowest BCUT2D eigenvalue weighted by molar-refractivity contribution is -0.144. The van der Waals surface area contributed by atoms with Crippen molar-refractivity contribution in [2.75, 3.05) is 11.5 Å². The average molecular weight is 297 g/mol. The van der Waals surface area contributed by atoms with Crippen molar-refractivity contribution in [3.8, 4) is 0 Å². The summed E-state index contributed by atoms with van der Waals surface area (Å²) in [7, 11) is 0. The van der Waals surface area contributed by atoms with E-state index in [-0.39, 0.29) is 11.1 Å². The highest BCUT2D eigenvalue weighted by Crippen LogP contribution is 2.28. The number of halogens is 1. The minimum absolute atomic E-state index is 0.184. The Balaban J connectivity index is 2.25. The van der Waals surface area contributed by atoms with Crippen LogP contribution in [0.2, 0.25) is 0 Å². The first kappa shape index (κ1) is 14.8. The summed E-state index contributed by atoms with van der Waals surface area (Å²) in [5.74, 6) is -0.651. The third kappa shape index (κ3) is 2.80. The molecule has 1 aliphatic heterocycles. The molecule has 1 amide bonds. The number of nitrogens with one attached hydrogen (secondary N) is 1. The molecule has 108 valence electrons. The fraction of sp³-hybridized carbons (Fsp3) is 0.429. The number of hydrogen-bond donors (Lipinski definition) is 2. The van der Waals surface area contributed by atoms with E-state index in [0.717, 1.165) is 0 Å². The highest BCUT2D eigenvalue weighted by molar-refractivity contribution is 7.99. The van der Waals surface area contributed by atoms with Crippen LogP contribution >= 0.6 is 11.8 Å². The molecule has 0 unspecified atom stereocenters. The summed E-state index contributed by atoms with van der Waals surface area (Å²) in [6.45, 7) is 1.51. The molecule has 20 heavy (non-hydrogen) atoms. The van der Waals surface area contributed by atoms with Gasteiger partial charge in [-0.15, -0.1) is 0 Å². The zero-order valence-electron chi connectivity index (χ0n) is 11.1. The summed E-state index contributed by atoms with van der Waals surface area (Å²) in [5.41, 5.74) is -0.819. The quantitative estimate of drug-likeness (QED) is 0.897. The molecule has 1 aromatic rings. The van der Waals surface area contributed by atoms with Crippen molar-refractivity contribution in [1.82, 2.24) is 5.32 Å². The number of carboxylic acids is 1. The Hall–Kier alpha value is -1.56. The first-order chi connectivity index (χ1) is 9.46. The van der Waals surface area contributed by atoms with Gasteiger partial charge in [0.2, 0.25) is 0 Å². The lowest BCUT2D eigenvalue weighted by Gasteiger charge is -2.33. The van der Waals surface area contributed by atoms with Gasteiger partial charge in [-0.05, 0) is 49.0 Å². The molecule has 6 heteroatoms. The molecule has 0 aliphatic carbocycles. The zero-order valence-corrected chi connectivity index (χ0v) is 11.9. The molecule has 0 saturated carbocycles. The largest absolute Gasteiger partial charge is 0.480 e. The number of amides is 1. The lowest BCUT2D eigenvalue weighted by atomic mass is 9.91. The van der Waals surface area contributed by atoms with Crippen molar-refractivity contribution < 1.29 is 19.1 Å². The molecule has 1 aromatic carbocycles. The maximum atomic E-state index is 13.5. The van der Waals surface area contributed by atoms with Crippen LogP contribution in [-0.4, -0.2) is 34.0 Å². The van der Waals surface area contributed by atoms with Crippen LogP contribution in [0.15, 0.2) is 18.2 Å². The van der Waals surface area contributed by atoms with E-state index in [1.807, 2.05) is 0 Å². The second-order valence-electron chi connectivity index (χ2n) is 4.87. The van der Waals surface area contributed by atoms with E-state index in [2.05, 4.69) is 5.32 Å². The van der Waals surface area contributed by atoms with E-state index in [0.29, 0.717) is 24.3 Å². The van der Waals surface area contributed by atoms with Crippen molar-refractivity contribution in [3.05, 3.63) is 35.1 Å². The number of carbonyl (C=O) groups excluding carboxylic acids is 1. The van der Waals surface area contributed by atoms with E-state index < -0.39 is 23.2 Å². The van der Waals surface area contributed by atoms with Gasteiger partial charge in [0.25, 0.3) is 5.91 Å². The molecular formula is C14H16FNO3S. The number of rotatable bonds is 3. The number of benzene rings is 1. The van der Waals surface area contributed by atoms with Gasteiger partial charge in [-0.25, -0.2) is 9.18 Å². The SMILES string of the molecule is Cc1c(F)cccc1C(=O)NC1(C(=O)O)CCSCC1. The number of carbonyl (C=O) groups is 2. The second kappa shape index (κ2) is 5.83. The van der Waals surface area contributed by atoms with Crippen LogP contribution in [0.25, 0.3) is 0 Å². The van der Waals surface area contributed by atoms with Crippen molar-refractivity contribution in [2.24, 2.45) is 0 Å². The van der Waals surface area contributed by atoms with E-state index in [1.165, 1.54) is 25.1 Å². The molecule has 1 heterocycles. The molecular weight excluding hydrogens is 281 g/mol. The van der Waals surface area contributed by atoms with Gasteiger partial charge in [0, 0.05) is 5.56 Å². The summed E-state index contributed by atoms with van der Waals surface area (Å²) >= 11 is 1.67. The van der Waals surface area contributed by atoms with Gasteiger partial charge in [-0.1, -0.05) is 6.07 Å². The van der Waals surface area contributed by atoms with Crippen LogP contribution in [0.3, 0.4) is 0 Å². The fourth-order valence-electron chi connectivity index (χ4n) is 2.25. The standard InChI is InChI=1S/C14H16FNO3S/c1-9-10(3-2-4-11(9)15)12(17)16-14(13(18)19)5-7-20-8-6-14/h2-4H,5-8H2,1H3,(H,16,17)(H,18,19). The second-order valence-corrected chi connectivity index (χ2v) is 6.09. The maximum Gasteiger partial charge on any atom is 0.329 e. The third-order valence-electron chi connectivity index (χ3n) is 3.62. The van der Waals surface area contributed by atoms with Crippen LogP contribution in [0, 0.1) is 12.7 Å². The molecule has 1 aliphatic rings. The van der Waals surface area contributed by atoms with E-state index >= 15 is 0 Å². The van der Waals surface area contributed by atoms with Crippen molar-refractivity contribution in [3.63, 3.8) is 0 Å². The first-order valence-corrected chi connectivity index (χ1v) is 7.50. The van der Waals surface area contributed by atoms with E-state index in [1.54, 1.807) is 11.8 Å². The summed E-state index contributed by atoms with van der Waals surface area (Å²) in [5, 5.41) is 12.0. The van der Waals surface area contributed by atoms with Crippen molar-refractivity contribution >= 4 is 23.6 Å². The predicted molar refractivity (Wildman–Crippen MR) is 75.5 cm³/mol. The van der Waals surface area contributed by atoms with Gasteiger partial charge in [-0.3, -0.25) is 4.79 Å². The Kier molecular flexibility index (Phi) is 4.32. The number of carboxylic acid groups (broad SMARTS) is 1. The molecule has 0 spiro atoms. The van der Waals surface area contributed by atoms with Crippen molar-refractivity contribution in [2.45, 2.75) is 25.3 Å². The van der Waals surface area contributed by atoms with Gasteiger partial charge < -0.3 is 10.4 Å². The molecule has 0 radical (unpaired) electrons. The Labute approximate surface area is 120 Å². The van der Waals surface area contributed by atoms with Gasteiger partial charge in [0.1, 0.15) is 11.4 Å². The van der Waals surface area contributed by atoms with Crippen LogP contribution in [0.5, 0.6) is 0 Å². The normalized spacial score (nSPS) is 17.5. The Morgan fingerprint density at radius 2 is 2.00 bits per heavy atom. The Morgan fingerprint density at radius 1 is 1.35 bits per heavy atom. The monoisotopic (exact) mass is 297 g/mol. The summed E-state index contributed by atoms with van der Waals surface area (Å²) < 4.78 is 13.5. The van der Waals surface area contributed by atoms with E-state index in [9.17, 15) is 19.1 Å². The minimum atomic E-state index is -1.24. The molecule has 2 rings (SSSR count). The van der Waals surface area contributed by atoms with Crippen LogP contribution in [0.4, 0.5) is 4.39 Å². The van der Waals surface area contributed by atoms with Gasteiger partial charge in [0.15, 0.2) is 0 Å². The third-order valence-corrected chi connectivity index (χ3v) is 4.61. The topological polar surface area (TPSA) is 66.4 Å². The van der Waals surface area contributed by atoms with E-state index in [4.69, 9.17) is 0 Å². The lowest BCUT2D eigenvalue weighted by Crippen LogP contribution is -2.56. The predicted octanol–water partition coefficient (Wildman–Crippen LogP) is 2.21. The highest BCUT2D eigenvalue weighted by Gasteiger charge is 2.41. The smallest absolute Gasteiger partial charge is 0.329 e. The summed E-state index contributed by atoms with van der Waals surface area (Å²) in [6.07, 6.45) is 0.764. The molecule has 4 nitrogen and oxygen atoms in total. The van der Waals surface area contributed by atoms with Gasteiger partial charge in [-0.2, -0.15) is 11.8 Å². The Bertz CT molecular complexity index is 541. The number of aliphatic carboxylic acids is 1. The van der Waals surface area contributed by atoms with Gasteiger partial charge >= 0.3 is 5.97 Å². The summed E-state index contributed by atoms with van der Waals surface area (Å²) in [6, 6.07) is 4.22. The summed E-state index contributed by atoms with van der Waals surface area (Å²) in [4.78, 5) is 23.7. The highest BCUT2D eigenvalue weighted by atomic mass is 32.2. The number of thioether (sulfide) groups is 1. The first-order valence-electron chi connectivity index (χ1n) is 6.35. The van der Waals surface area contributed by atoms with Crippen LogP contribution in [0.1, 0.15) is 28.8 Å². The molecule has 1 fully saturated rings. The zero-order chi connectivity index (χ0) is 14.8. The molecule has 0 atom stereocenters. The van der Waals surface area contributed by atoms with Crippen LogP contribution < -0.4 is 5.32 Å². The van der Waals surface area contributed by atoms with Crippen molar-refractivity contribution in [1.29, 1.82) is 0 Å².